The third kappa shape index (κ3) is 4.36. The quantitative estimate of drug-likeness (QED) is 0.570. The van der Waals surface area contributed by atoms with Crippen LogP contribution in [0.1, 0.15) is 19.8 Å². The van der Waals surface area contributed by atoms with E-state index in [4.69, 9.17) is 4.74 Å². The van der Waals surface area contributed by atoms with Crippen molar-refractivity contribution in [3.05, 3.63) is 51.4 Å². The van der Waals surface area contributed by atoms with Gasteiger partial charge in [-0.05, 0) is 47.9 Å². The summed E-state index contributed by atoms with van der Waals surface area (Å²) in [6, 6.07) is 14.5. The first-order valence-electron chi connectivity index (χ1n) is 6.38. The van der Waals surface area contributed by atoms with Crippen molar-refractivity contribution in [3.8, 4) is 16.9 Å². The lowest BCUT2D eigenvalue weighted by atomic mass is 10.1. The van der Waals surface area contributed by atoms with Gasteiger partial charge < -0.3 is 4.74 Å². The molecule has 2 rings (SSSR count). The number of rotatable bonds is 5. The zero-order chi connectivity index (χ0) is 13.7. The van der Waals surface area contributed by atoms with Crippen molar-refractivity contribution in [2.75, 3.05) is 6.61 Å². The van der Waals surface area contributed by atoms with Crippen LogP contribution in [0.2, 0.25) is 0 Å². The lowest BCUT2D eigenvalue weighted by Gasteiger charge is -2.07. The van der Waals surface area contributed by atoms with Gasteiger partial charge in [-0.1, -0.05) is 57.3 Å². The van der Waals surface area contributed by atoms with Gasteiger partial charge in [-0.2, -0.15) is 0 Å². The van der Waals surface area contributed by atoms with E-state index < -0.39 is 0 Å². The van der Waals surface area contributed by atoms with Crippen LogP contribution in [0.15, 0.2) is 51.4 Å². The number of halogens is 2. The number of hydrogen-bond acceptors (Lipinski definition) is 1. The number of ether oxygens (including phenoxy) is 1. The fourth-order valence-corrected chi connectivity index (χ4v) is 3.09. The summed E-state index contributed by atoms with van der Waals surface area (Å²) < 4.78 is 7.81. The van der Waals surface area contributed by atoms with Crippen LogP contribution in [0.4, 0.5) is 0 Å². The van der Waals surface area contributed by atoms with Gasteiger partial charge in [0.15, 0.2) is 0 Å². The van der Waals surface area contributed by atoms with Crippen molar-refractivity contribution in [2.24, 2.45) is 0 Å². The number of benzene rings is 2. The Bertz CT molecular complexity index is 515. The van der Waals surface area contributed by atoms with E-state index in [1.54, 1.807) is 0 Å². The van der Waals surface area contributed by atoms with Gasteiger partial charge in [0.25, 0.3) is 0 Å². The Morgan fingerprint density at radius 2 is 1.53 bits per heavy atom. The summed E-state index contributed by atoms with van der Waals surface area (Å²) in [6.07, 6.45) is 2.25. The molecular weight excluding hydrogens is 368 g/mol. The molecule has 19 heavy (non-hydrogen) atoms. The fraction of sp³-hybridized carbons (Fsp3) is 0.250. The van der Waals surface area contributed by atoms with Crippen molar-refractivity contribution >= 4 is 31.9 Å². The Hall–Kier alpha value is -0.800. The molecule has 0 spiro atoms. The SMILES string of the molecule is CCCCOc1ccc(-c2cc(Br)cc(Br)c2)cc1. The average Bonchev–Trinajstić information content (AvgIpc) is 2.39. The highest BCUT2D eigenvalue weighted by atomic mass is 79.9. The molecule has 0 N–H and O–H groups in total. The van der Waals surface area contributed by atoms with E-state index in [9.17, 15) is 0 Å². The normalized spacial score (nSPS) is 10.5. The zero-order valence-electron chi connectivity index (χ0n) is 10.8. The van der Waals surface area contributed by atoms with Gasteiger partial charge in [0.05, 0.1) is 6.61 Å². The topological polar surface area (TPSA) is 9.23 Å². The predicted molar refractivity (Wildman–Crippen MR) is 87.7 cm³/mol. The summed E-state index contributed by atoms with van der Waals surface area (Å²) in [5.41, 5.74) is 2.37. The van der Waals surface area contributed by atoms with E-state index in [2.05, 4.69) is 63.0 Å². The zero-order valence-corrected chi connectivity index (χ0v) is 14.0. The van der Waals surface area contributed by atoms with Crippen LogP contribution < -0.4 is 4.74 Å². The van der Waals surface area contributed by atoms with Gasteiger partial charge in [0.2, 0.25) is 0 Å². The highest BCUT2D eigenvalue weighted by Crippen LogP contribution is 2.28. The summed E-state index contributed by atoms with van der Waals surface area (Å²) in [4.78, 5) is 0. The van der Waals surface area contributed by atoms with Gasteiger partial charge in [0, 0.05) is 8.95 Å². The summed E-state index contributed by atoms with van der Waals surface area (Å²) in [6.45, 7) is 2.95. The maximum Gasteiger partial charge on any atom is 0.119 e. The van der Waals surface area contributed by atoms with Gasteiger partial charge >= 0.3 is 0 Å². The first-order valence-corrected chi connectivity index (χ1v) is 7.97. The molecule has 0 atom stereocenters. The third-order valence-electron chi connectivity index (χ3n) is 2.82. The maximum absolute atomic E-state index is 5.67. The van der Waals surface area contributed by atoms with Crippen LogP contribution in [-0.2, 0) is 0 Å². The molecule has 0 fully saturated rings. The van der Waals surface area contributed by atoms with Crippen LogP contribution in [0, 0.1) is 0 Å². The Morgan fingerprint density at radius 1 is 0.895 bits per heavy atom. The molecule has 0 aromatic heterocycles. The van der Waals surface area contributed by atoms with Crippen LogP contribution >= 0.6 is 31.9 Å². The number of hydrogen-bond donors (Lipinski definition) is 0. The molecule has 0 unspecified atom stereocenters. The standard InChI is InChI=1S/C16H16Br2O/c1-2-3-8-19-16-6-4-12(5-7-16)13-9-14(17)11-15(18)10-13/h4-7,9-11H,2-3,8H2,1H3. The smallest absolute Gasteiger partial charge is 0.119 e. The minimum absolute atomic E-state index is 0.790. The van der Waals surface area contributed by atoms with Crippen LogP contribution in [0.3, 0.4) is 0 Å². The molecule has 0 bridgehead atoms. The highest BCUT2D eigenvalue weighted by Gasteiger charge is 2.01. The van der Waals surface area contributed by atoms with Crippen LogP contribution in [0.25, 0.3) is 11.1 Å². The van der Waals surface area contributed by atoms with E-state index in [1.807, 2.05) is 18.2 Å². The van der Waals surface area contributed by atoms with Crippen LogP contribution in [0.5, 0.6) is 5.75 Å². The largest absolute Gasteiger partial charge is 0.494 e. The van der Waals surface area contributed by atoms with Crippen LogP contribution in [-0.4, -0.2) is 6.61 Å². The molecule has 0 saturated heterocycles. The van der Waals surface area contributed by atoms with E-state index in [1.165, 1.54) is 11.1 Å². The second-order valence-electron chi connectivity index (χ2n) is 4.38. The van der Waals surface area contributed by atoms with E-state index in [-0.39, 0.29) is 0 Å². The van der Waals surface area contributed by atoms with Crippen molar-refractivity contribution in [1.82, 2.24) is 0 Å². The average molecular weight is 384 g/mol. The van der Waals surface area contributed by atoms with Gasteiger partial charge in [-0.25, -0.2) is 0 Å². The molecule has 2 aromatic carbocycles. The molecule has 0 aliphatic heterocycles. The Kier molecular flexibility index (Phi) is 5.46. The molecule has 0 aliphatic carbocycles. The third-order valence-corrected chi connectivity index (χ3v) is 3.73. The van der Waals surface area contributed by atoms with Crippen molar-refractivity contribution in [3.63, 3.8) is 0 Å². The van der Waals surface area contributed by atoms with E-state index in [0.29, 0.717) is 0 Å². The van der Waals surface area contributed by atoms with E-state index in [0.717, 1.165) is 34.1 Å². The second-order valence-corrected chi connectivity index (χ2v) is 6.22. The summed E-state index contributed by atoms with van der Waals surface area (Å²) >= 11 is 7.02. The molecule has 0 radical (unpaired) electrons. The summed E-state index contributed by atoms with van der Waals surface area (Å²) in [7, 11) is 0. The summed E-state index contributed by atoms with van der Waals surface area (Å²) in [5, 5.41) is 0. The van der Waals surface area contributed by atoms with Crippen molar-refractivity contribution in [1.29, 1.82) is 0 Å². The first-order chi connectivity index (χ1) is 9.19. The fourth-order valence-electron chi connectivity index (χ4n) is 1.80. The Morgan fingerprint density at radius 3 is 2.11 bits per heavy atom. The Labute approximate surface area is 131 Å². The first kappa shape index (κ1) is 14.6. The Balaban J connectivity index is 2.13. The van der Waals surface area contributed by atoms with Gasteiger partial charge in [-0.15, -0.1) is 0 Å². The molecule has 0 heterocycles. The molecule has 2 aromatic rings. The predicted octanol–water partition coefficient (Wildman–Crippen LogP) is 6.06. The molecule has 0 saturated carbocycles. The monoisotopic (exact) mass is 382 g/mol. The van der Waals surface area contributed by atoms with Crippen molar-refractivity contribution < 1.29 is 4.74 Å². The molecule has 100 valence electrons. The summed E-state index contributed by atoms with van der Waals surface area (Å²) in [5.74, 6) is 0.936. The highest BCUT2D eigenvalue weighted by molar-refractivity contribution is 9.11. The van der Waals surface area contributed by atoms with E-state index >= 15 is 0 Å². The number of unbranched alkanes of at least 4 members (excludes halogenated alkanes) is 1. The molecule has 0 amide bonds. The minimum Gasteiger partial charge on any atom is -0.494 e. The van der Waals surface area contributed by atoms with Gasteiger partial charge in [0.1, 0.15) is 5.75 Å². The second kappa shape index (κ2) is 7.11. The molecule has 1 nitrogen and oxygen atoms in total. The lowest BCUT2D eigenvalue weighted by molar-refractivity contribution is 0.309. The molecule has 3 heteroatoms. The molecular formula is C16H16Br2O. The van der Waals surface area contributed by atoms with Gasteiger partial charge in [-0.3, -0.25) is 0 Å². The molecule has 0 aliphatic rings. The van der Waals surface area contributed by atoms with Crippen molar-refractivity contribution in [2.45, 2.75) is 19.8 Å². The minimum atomic E-state index is 0.790. The lowest BCUT2D eigenvalue weighted by Crippen LogP contribution is -1.95. The maximum atomic E-state index is 5.67.